The summed E-state index contributed by atoms with van der Waals surface area (Å²) in [5, 5.41) is 26.4. The number of nitriles is 2. The number of nitrogens with zero attached hydrogens (tertiary/aromatic N) is 6. The number of benzene rings is 2. The molecule has 4 aromatic rings. The fraction of sp³-hybridized carbons (Fsp3) is 0. The first-order valence-corrected chi connectivity index (χ1v) is 7.44. The standard InChI is InChI=1S/C16H5BF4N6/c18-9-1-7-13(5-22)24-26(15(7)3-11(9)20)17-27-16-4-12(21)10(19)2-8(16)14(6-23)25-27/h1-4,17H. The van der Waals surface area contributed by atoms with Crippen LogP contribution < -0.4 is 0 Å². The Morgan fingerprint density at radius 1 is 0.704 bits per heavy atom. The van der Waals surface area contributed by atoms with E-state index < -0.39 is 23.3 Å². The fourth-order valence-corrected chi connectivity index (χ4v) is 2.84. The Balaban J connectivity index is 1.93. The van der Waals surface area contributed by atoms with Crippen molar-refractivity contribution in [1.82, 2.24) is 19.4 Å². The quantitative estimate of drug-likeness (QED) is 0.402. The van der Waals surface area contributed by atoms with Gasteiger partial charge in [-0.05, 0) is 12.1 Å². The minimum atomic E-state index is -1.13. The van der Waals surface area contributed by atoms with Gasteiger partial charge in [0, 0.05) is 22.9 Å². The van der Waals surface area contributed by atoms with Crippen LogP contribution in [0.1, 0.15) is 11.4 Å². The molecule has 0 amide bonds. The van der Waals surface area contributed by atoms with Gasteiger partial charge in [0.25, 0.3) is 0 Å². The lowest BCUT2D eigenvalue weighted by Gasteiger charge is -2.04. The Hall–Kier alpha value is -3.86. The van der Waals surface area contributed by atoms with Crippen molar-refractivity contribution in [2.24, 2.45) is 0 Å². The lowest BCUT2D eigenvalue weighted by molar-refractivity contribution is 0.510. The molecule has 0 saturated heterocycles. The number of fused-ring (bicyclic) bond motifs is 2. The van der Waals surface area contributed by atoms with E-state index in [1.165, 1.54) is 0 Å². The summed E-state index contributed by atoms with van der Waals surface area (Å²) in [6, 6.07) is 7.00. The molecule has 2 aromatic carbocycles. The van der Waals surface area contributed by atoms with Crippen LogP contribution in [0.5, 0.6) is 0 Å². The molecule has 11 heteroatoms. The Labute approximate surface area is 148 Å². The number of hydrogen-bond donors (Lipinski definition) is 0. The van der Waals surface area contributed by atoms with E-state index in [2.05, 4.69) is 10.2 Å². The van der Waals surface area contributed by atoms with Crippen LogP contribution in [0.4, 0.5) is 17.6 Å². The summed E-state index contributed by atoms with van der Waals surface area (Å²) >= 11 is 0. The Bertz CT molecular complexity index is 1230. The highest BCUT2D eigenvalue weighted by atomic mass is 19.2. The first-order chi connectivity index (χ1) is 12.9. The van der Waals surface area contributed by atoms with Gasteiger partial charge in [-0.1, -0.05) is 0 Å². The molecule has 0 radical (unpaired) electrons. The maximum Gasteiger partial charge on any atom is 0.403 e. The number of aromatic nitrogens is 4. The highest BCUT2D eigenvalue weighted by Crippen LogP contribution is 2.24. The fourth-order valence-electron chi connectivity index (χ4n) is 2.84. The normalized spacial score (nSPS) is 10.9. The van der Waals surface area contributed by atoms with Crippen LogP contribution in [-0.2, 0) is 0 Å². The summed E-state index contributed by atoms with van der Waals surface area (Å²) < 4.78 is 56.6. The molecule has 0 aliphatic rings. The molecule has 0 fully saturated rings. The number of rotatable bonds is 2. The molecule has 0 unspecified atom stereocenters. The largest absolute Gasteiger partial charge is 0.403 e. The van der Waals surface area contributed by atoms with Crippen molar-refractivity contribution in [3.63, 3.8) is 0 Å². The highest BCUT2D eigenvalue weighted by molar-refractivity contribution is 6.35. The van der Waals surface area contributed by atoms with E-state index in [-0.39, 0.29) is 40.7 Å². The van der Waals surface area contributed by atoms with Gasteiger partial charge in [-0.25, -0.2) is 17.6 Å². The van der Waals surface area contributed by atoms with Crippen molar-refractivity contribution in [1.29, 1.82) is 10.5 Å². The maximum absolute atomic E-state index is 13.6. The molecule has 0 aliphatic carbocycles. The second kappa shape index (κ2) is 5.85. The summed E-state index contributed by atoms with van der Waals surface area (Å²) in [6.45, 7) is 0. The average molecular weight is 368 g/mol. The van der Waals surface area contributed by atoms with Gasteiger partial charge in [0.2, 0.25) is 0 Å². The lowest BCUT2D eigenvalue weighted by atomic mass is 10.1. The Kier molecular flexibility index (Phi) is 3.60. The van der Waals surface area contributed by atoms with E-state index in [0.717, 1.165) is 33.5 Å². The SMILES string of the molecule is N#Cc1nn(Bn2nc(C#N)c3cc(F)c(F)cc32)c2cc(F)c(F)cc12. The molecule has 0 aliphatic heterocycles. The van der Waals surface area contributed by atoms with E-state index in [4.69, 9.17) is 10.5 Å². The van der Waals surface area contributed by atoms with E-state index in [0.29, 0.717) is 0 Å². The number of halogens is 4. The molecule has 6 nitrogen and oxygen atoms in total. The van der Waals surface area contributed by atoms with Crippen molar-refractivity contribution in [2.45, 2.75) is 0 Å². The van der Waals surface area contributed by atoms with Gasteiger partial charge in [0.15, 0.2) is 34.7 Å². The van der Waals surface area contributed by atoms with Gasteiger partial charge < -0.3 is 0 Å². The zero-order chi connectivity index (χ0) is 19.3. The molecule has 0 bridgehead atoms. The first-order valence-electron chi connectivity index (χ1n) is 7.44. The molecule has 0 atom stereocenters. The third-order valence-corrected chi connectivity index (χ3v) is 4.06. The molecule has 130 valence electrons. The van der Waals surface area contributed by atoms with Crippen LogP contribution in [0.2, 0.25) is 0 Å². The van der Waals surface area contributed by atoms with Gasteiger partial charge in [-0.3, -0.25) is 9.19 Å². The molecule has 2 aromatic heterocycles. The number of hydrogen-bond acceptors (Lipinski definition) is 4. The molecule has 0 N–H and O–H groups in total. The highest BCUT2D eigenvalue weighted by Gasteiger charge is 2.19. The summed E-state index contributed by atoms with van der Waals surface area (Å²) in [5.41, 5.74) is -0.0680. The van der Waals surface area contributed by atoms with Gasteiger partial charge in [-0.15, -0.1) is 0 Å². The van der Waals surface area contributed by atoms with Crippen molar-refractivity contribution in [3.8, 4) is 12.1 Å². The monoisotopic (exact) mass is 368 g/mol. The van der Waals surface area contributed by atoms with Crippen LogP contribution in [0.15, 0.2) is 24.3 Å². The van der Waals surface area contributed by atoms with Crippen LogP contribution >= 0.6 is 0 Å². The third-order valence-electron chi connectivity index (χ3n) is 4.06. The summed E-state index contributed by atoms with van der Waals surface area (Å²) in [4.78, 5) is 0. The Morgan fingerprint density at radius 3 is 1.44 bits per heavy atom. The Morgan fingerprint density at radius 2 is 1.07 bits per heavy atom. The van der Waals surface area contributed by atoms with Gasteiger partial charge in [0.05, 0.1) is 11.0 Å². The van der Waals surface area contributed by atoms with E-state index in [9.17, 15) is 17.6 Å². The van der Waals surface area contributed by atoms with Gasteiger partial charge >= 0.3 is 7.55 Å². The molecular weight excluding hydrogens is 363 g/mol. The molecule has 27 heavy (non-hydrogen) atoms. The minimum absolute atomic E-state index is 0.0885. The van der Waals surface area contributed by atoms with E-state index in [1.807, 2.05) is 0 Å². The lowest BCUT2D eigenvalue weighted by Crippen LogP contribution is -2.19. The van der Waals surface area contributed by atoms with E-state index >= 15 is 0 Å². The first kappa shape index (κ1) is 16.6. The zero-order valence-electron chi connectivity index (χ0n) is 13.2. The van der Waals surface area contributed by atoms with Crippen molar-refractivity contribution in [2.75, 3.05) is 0 Å². The molecular formula is C16H5BF4N6. The van der Waals surface area contributed by atoms with Crippen molar-refractivity contribution in [3.05, 3.63) is 58.9 Å². The van der Waals surface area contributed by atoms with E-state index in [1.54, 1.807) is 12.1 Å². The minimum Gasteiger partial charge on any atom is -0.285 e. The third kappa shape index (κ3) is 2.48. The second-order valence-electron chi connectivity index (χ2n) is 5.63. The van der Waals surface area contributed by atoms with Crippen LogP contribution in [0.3, 0.4) is 0 Å². The van der Waals surface area contributed by atoms with Crippen molar-refractivity contribution < 1.29 is 17.6 Å². The van der Waals surface area contributed by atoms with Gasteiger partial charge in [0.1, 0.15) is 12.1 Å². The molecule has 0 saturated carbocycles. The summed E-state index contributed by atoms with van der Waals surface area (Å²) in [5.74, 6) is -4.53. The predicted molar refractivity (Wildman–Crippen MR) is 86.7 cm³/mol. The van der Waals surface area contributed by atoms with Crippen molar-refractivity contribution >= 4 is 29.4 Å². The van der Waals surface area contributed by atoms with Crippen LogP contribution in [0, 0.1) is 45.9 Å². The van der Waals surface area contributed by atoms with Crippen LogP contribution in [-0.4, -0.2) is 26.9 Å². The summed E-state index contributed by atoms with van der Waals surface area (Å²) in [7, 11) is -0.244. The zero-order valence-corrected chi connectivity index (χ0v) is 13.2. The molecule has 4 rings (SSSR count). The molecule has 2 heterocycles. The maximum atomic E-state index is 13.6. The molecule has 0 spiro atoms. The topological polar surface area (TPSA) is 83.2 Å². The smallest absolute Gasteiger partial charge is 0.285 e. The summed E-state index contributed by atoms with van der Waals surface area (Å²) in [6.07, 6.45) is 0. The second-order valence-corrected chi connectivity index (χ2v) is 5.63. The van der Waals surface area contributed by atoms with Gasteiger partial charge in [-0.2, -0.15) is 20.7 Å². The predicted octanol–water partition coefficient (Wildman–Crippen LogP) is 2.35. The van der Waals surface area contributed by atoms with Crippen LogP contribution in [0.25, 0.3) is 21.8 Å². The average Bonchev–Trinajstić information content (AvgIpc) is 3.14.